The van der Waals surface area contributed by atoms with E-state index in [-0.39, 0.29) is 35.4 Å². The molecule has 2 aromatic heterocycles. The second-order valence-electron chi connectivity index (χ2n) is 4.43. The van der Waals surface area contributed by atoms with E-state index in [9.17, 15) is 9.18 Å². The molecule has 0 amide bonds. The molecule has 0 aliphatic heterocycles. The van der Waals surface area contributed by atoms with Crippen molar-refractivity contribution >= 4 is 34.9 Å². The van der Waals surface area contributed by atoms with Crippen molar-refractivity contribution in [2.24, 2.45) is 5.73 Å². The highest BCUT2D eigenvalue weighted by Gasteiger charge is 2.07. The van der Waals surface area contributed by atoms with Gasteiger partial charge >= 0.3 is 0 Å². The van der Waals surface area contributed by atoms with Gasteiger partial charge in [-0.1, -0.05) is 13.8 Å². The highest BCUT2D eigenvalue weighted by atomic mass is 127. The van der Waals surface area contributed by atoms with Crippen molar-refractivity contribution in [3.63, 3.8) is 0 Å². The van der Waals surface area contributed by atoms with Gasteiger partial charge in [0.25, 0.3) is 5.56 Å². The van der Waals surface area contributed by atoms with Crippen LogP contribution in [0, 0.1) is 5.82 Å². The van der Waals surface area contributed by atoms with E-state index in [0.717, 1.165) is 5.39 Å². The fraction of sp³-hybridized carbons (Fsp3) is 0.250. The van der Waals surface area contributed by atoms with E-state index in [1.807, 2.05) is 19.9 Å². The fourth-order valence-electron chi connectivity index (χ4n) is 2.15. The summed E-state index contributed by atoms with van der Waals surface area (Å²) in [6.07, 6.45) is 1.80. The summed E-state index contributed by atoms with van der Waals surface area (Å²) >= 11 is 0. The van der Waals surface area contributed by atoms with Gasteiger partial charge in [-0.2, -0.15) is 5.10 Å². The molecule has 0 fully saturated rings. The Labute approximate surface area is 150 Å². The van der Waals surface area contributed by atoms with Crippen LogP contribution in [0.4, 0.5) is 4.39 Å². The van der Waals surface area contributed by atoms with Crippen LogP contribution in [0.25, 0.3) is 16.7 Å². The van der Waals surface area contributed by atoms with E-state index >= 15 is 0 Å². The maximum absolute atomic E-state index is 13.4. The quantitative estimate of drug-likeness (QED) is 0.650. The number of rotatable bonds is 3. The predicted octanol–water partition coefficient (Wildman–Crippen LogP) is 2.93. The standard InChI is InChI=1S/C14H13FN4O.C2H6.HI/c15-11-2-1-10-5-7-18(12(10)9-11)13-3-4-14(20)19(17-13)8-6-16;1-2;/h1-5,7,9H,6,8,16H2;1-2H3;1H. The molecular weight excluding hydrogens is 410 g/mol. The molecule has 0 spiro atoms. The molecule has 0 aliphatic rings. The van der Waals surface area contributed by atoms with E-state index in [2.05, 4.69) is 5.10 Å². The molecule has 5 nitrogen and oxygen atoms in total. The first-order chi connectivity index (χ1) is 10.7. The van der Waals surface area contributed by atoms with Crippen molar-refractivity contribution in [3.05, 3.63) is 58.8 Å². The third-order valence-electron chi connectivity index (χ3n) is 3.10. The number of halogens is 2. The second-order valence-corrected chi connectivity index (χ2v) is 4.43. The summed E-state index contributed by atoms with van der Waals surface area (Å²) < 4.78 is 16.4. The number of benzene rings is 1. The first kappa shape index (κ1) is 19.3. The molecule has 7 heteroatoms. The lowest BCUT2D eigenvalue weighted by Crippen LogP contribution is -2.26. The summed E-state index contributed by atoms with van der Waals surface area (Å²) in [4.78, 5) is 11.6. The Balaban J connectivity index is 0.000000849. The molecule has 0 unspecified atom stereocenters. The summed E-state index contributed by atoms with van der Waals surface area (Å²) in [5, 5.41) is 5.16. The normalized spacial score (nSPS) is 9.91. The van der Waals surface area contributed by atoms with Gasteiger partial charge in [0, 0.05) is 24.2 Å². The van der Waals surface area contributed by atoms with Crippen molar-refractivity contribution in [3.8, 4) is 5.82 Å². The third-order valence-corrected chi connectivity index (χ3v) is 3.10. The fourth-order valence-corrected chi connectivity index (χ4v) is 2.15. The molecule has 0 aliphatic carbocycles. The van der Waals surface area contributed by atoms with Gasteiger partial charge in [-0.3, -0.25) is 9.36 Å². The van der Waals surface area contributed by atoms with Crippen molar-refractivity contribution < 1.29 is 4.39 Å². The van der Waals surface area contributed by atoms with Crippen molar-refractivity contribution in [2.75, 3.05) is 6.54 Å². The highest BCUT2D eigenvalue weighted by molar-refractivity contribution is 14.0. The lowest BCUT2D eigenvalue weighted by Gasteiger charge is -2.07. The minimum absolute atomic E-state index is 0. The molecule has 0 radical (unpaired) electrons. The minimum Gasteiger partial charge on any atom is -0.329 e. The lowest BCUT2D eigenvalue weighted by molar-refractivity contribution is 0.581. The molecule has 0 atom stereocenters. The Kier molecular flexibility index (Phi) is 7.37. The molecule has 3 aromatic rings. The van der Waals surface area contributed by atoms with Crippen LogP contribution in [0.3, 0.4) is 0 Å². The number of aromatic nitrogens is 3. The smallest absolute Gasteiger partial charge is 0.266 e. The van der Waals surface area contributed by atoms with E-state index in [1.54, 1.807) is 22.9 Å². The monoisotopic (exact) mass is 430 g/mol. The topological polar surface area (TPSA) is 65.8 Å². The predicted molar refractivity (Wildman–Crippen MR) is 101 cm³/mol. The zero-order chi connectivity index (χ0) is 16.1. The van der Waals surface area contributed by atoms with Crippen LogP contribution in [0.1, 0.15) is 13.8 Å². The zero-order valence-electron chi connectivity index (χ0n) is 13.1. The van der Waals surface area contributed by atoms with Crippen molar-refractivity contribution in [2.45, 2.75) is 20.4 Å². The van der Waals surface area contributed by atoms with Gasteiger partial charge in [0.05, 0.1) is 12.1 Å². The Morgan fingerprint density at radius 3 is 2.61 bits per heavy atom. The average molecular weight is 430 g/mol. The summed E-state index contributed by atoms with van der Waals surface area (Å²) in [6.45, 7) is 4.68. The first-order valence-corrected chi connectivity index (χ1v) is 7.24. The Morgan fingerprint density at radius 1 is 1.17 bits per heavy atom. The third kappa shape index (κ3) is 4.17. The van der Waals surface area contributed by atoms with Gasteiger partial charge in [-0.05, 0) is 30.3 Å². The van der Waals surface area contributed by atoms with E-state index in [0.29, 0.717) is 24.4 Å². The van der Waals surface area contributed by atoms with Gasteiger partial charge in [0.2, 0.25) is 0 Å². The second kappa shape index (κ2) is 8.78. The van der Waals surface area contributed by atoms with Gasteiger partial charge < -0.3 is 5.73 Å². The number of nitrogens with two attached hydrogens (primary N) is 1. The van der Waals surface area contributed by atoms with E-state index in [1.165, 1.54) is 22.9 Å². The van der Waals surface area contributed by atoms with Crippen LogP contribution in [-0.4, -0.2) is 20.9 Å². The summed E-state index contributed by atoms with van der Waals surface area (Å²) in [5.41, 5.74) is 5.95. The summed E-state index contributed by atoms with van der Waals surface area (Å²) in [6, 6.07) is 9.47. The number of hydrogen-bond acceptors (Lipinski definition) is 3. The minimum atomic E-state index is -0.312. The zero-order valence-corrected chi connectivity index (χ0v) is 15.4. The molecule has 124 valence electrons. The van der Waals surface area contributed by atoms with Crippen LogP contribution in [0.5, 0.6) is 0 Å². The van der Waals surface area contributed by atoms with Crippen LogP contribution >= 0.6 is 24.0 Å². The Hall–Kier alpha value is -1.74. The maximum Gasteiger partial charge on any atom is 0.266 e. The van der Waals surface area contributed by atoms with Crippen LogP contribution in [0.2, 0.25) is 0 Å². The van der Waals surface area contributed by atoms with E-state index < -0.39 is 0 Å². The Morgan fingerprint density at radius 2 is 1.91 bits per heavy atom. The molecule has 23 heavy (non-hydrogen) atoms. The average Bonchev–Trinajstić information content (AvgIpc) is 2.95. The van der Waals surface area contributed by atoms with Gasteiger partial charge in [-0.15, -0.1) is 24.0 Å². The first-order valence-electron chi connectivity index (χ1n) is 7.24. The van der Waals surface area contributed by atoms with Crippen molar-refractivity contribution in [1.82, 2.24) is 14.3 Å². The largest absolute Gasteiger partial charge is 0.329 e. The lowest BCUT2D eigenvalue weighted by atomic mass is 10.2. The van der Waals surface area contributed by atoms with Gasteiger partial charge in [-0.25, -0.2) is 9.07 Å². The molecule has 0 bridgehead atoms. The SMILES string of the molecule is CC.I.NCCn1nc(-n2ccc3ccc(F)cc32)ccc1=O. The highest BCUT2D eigenvalue weighted by Crippen LogP contribution is 2.19. The molecule has 0 saturated heterocycles. The molecule has 3 rings (SSSR count). The molecule has 1 aromatic carbocycles. The number of nitrogens with zero attached hydrogens (tertiary/aromatic N) is 3. The molecule has 0 saturated carbocycles. The Bertz CT molecular complexity index is 828. The van der Waals surface area contributed by atoms with Crippen LogP contribution in [-0.2, 0) is 6.54 Å². The van der Waals surface area contributed by atoms with Gasteiger partial charge in [0.15, 0.2) is 5.82 Å². The van der Waals surface area contributed by atoms with Crippen molar-refractivity contribution in [1.29, 1.82) is 0 Å². The molecule has 2 N–H and O–H groups in total. The summed E-state index contributed by atoms with van der Waals surface area (Å²) in [7, 11) is 0. The van der Waals surface area contributed by atoms with Gasteiger partial charge in [0.1, 0.15) is 5.82 Å². The number of hydrogen-bond donors (Lipinski definition) is 1. The van der Waals surface area contributed by atoms with Crippen LogP contribution in [0.15, 0.2) is 47.4 Å². The molecular formula is C16H20FIN4O. The van der Waals surface area contributed by atoms with E-state index in [4.69, 9.17) is 5.73 Å². The summed E-state index contributed by atoms with van der Waals surface area (Å²) in [5.74, 6) is 0.242. The maximum atomic E-state index is 13.4. The molecule has 2 heterocycles. The van der Waals surface area contributed by atoms with Crippen LogP contribution < -0.4 is 11.3 Å². The number of fused-ring (bicyclic) bond motifs is 1.